The SMILES string of the molecule is Cc1ccc(CCNC(=O)Cn2nc(C)c(C)cc2=O)o1. The van der Waals surface area contributed by atoms with Gasteiger partial charge in [0.25, 0.3) is 5.56 Å². The summed E-state index contributed by atoms with van der Waals surface area (Å²) in [4.78, 5) is 23.5. The maximum absolute atomic E-state index is 11.8. The van der Waals surface area contributed by atoms with E-state index in [4.69, 9.17) is 4.42 Å². The second-order valence-corrected chi connectivity index (χ2v) is 5.02. The Kier molecular flexibility index (Phi) is 4.57. The first-order chi connectivity index (χ1) is 9.95. The van der Waals surface area contributed by atoms with Gasteiger partial charge in [-0.2, -0.15) is 5.10 Å². The number of carbonyl (C=O) groups is 1. The van der Waals surface area contributed by atoms with Gasteiger partial charge in [-0.1, -0.05) is 0 Å². The molecule has 0 aliphatic heterocycles. The minimum absolute atomic E-state index is 0.0723. The van der Waals surface area contributed by atoms with E-state index in [1.807, 2.05) is 32.9 Å². The summed E-state index contributed by atoms with van der Waals surface area (Å²) in [5, 5.41) is 6.86. The molecule has 6 nitrogen and oxygen atoms in total. The molecule has 2 aromatic heterocycles. The average molecular weight is 289 g/mol. The van der Waals surface area contributed by atoms with Crippen LogP contribution >= 0.6 is 0 Å². The number of aromatic nitrogens is 2. The summed E-state index contributed by atoms with van der Waals surface area (Å²) in [5.41, 5.74) is 1.30. The van der Waals surface area contributed by atoms with Gasteiger partial charge in [0.05, 0.1) is 5.69 Å². The third-order valence-electron chi connectivity index (χ3n) is 3.22. The van der Waals surface area contributed by atoms with E-state index in [-0.39, 0.29) is 18.0 Å². The molecule has 0 unspecified atom stereocenters. The Morgan fingerprint density at radius 1 is 1.33 bits per heavy atom. The van der Waals surface area contributed by atoms with E-state index in [2.05, 4.69) is 10.4 Å². The first kappa shape index (κ1) is 15.0. The molecular weight excluding hydrogens is 270 g/mol. The zero-order chi connectivity index (χ0) is 15.4. The van der Waals surface area contributed by atoms with Crippen LogP contribution < -0.4 is 10.9 Å². The fourth-order valence-corrected chi connectivity index (χ4v) is 1.92. The highest BCUT2D eigenvalue weighted by Crippen LogP contribution is 2.05. The predicted molar refractivity (Wildman–Crippen MR) is 78.1 cm³/mol. The number of hydrogen-bond acceptors (Lipinski definition) is 4. The van der Waals surface area contributed by atoms with E-state index >= 15 is 0 Å². The van der Waals surface area contributed by atoms with Crippen molar-refractivity contribution in [3.05, 3.63) is 51.3 Å². The third-order valence-corrected chi connectivity index (χ3v) is 3.22. The van der Waals surface area contributed by atoms with E-state index in [0.717, 1.165) is 22.8 Å². The fraction of sp³-hybridized carbons (Fsp3) is 0.400. The molecule has 0 radical (unpaired) electrons. The minimum Gasteiger partial charge on any atom is -0.466 e. The van der Waals surface area contributed by atoms with Crippen LogP contribution in [0.4, 0.5) is 0 Å². The summed E-state index contributed by atoms with van der Waals surface area (Å²) in [6, 6.07) is 5.26. The first-order valence-corrected chi connectivity index (χ1v) is 6.83. The third kappa shape index (κ3) is 4.05. The molecule has 0 fully saturated rings. The van der Waals surface area contributed by atoms with Crippen molar-refractivity contribution in [2.24, 2.45) is 0 Å². The van der Waals surface area contributed by atoms with E-state index in [1.165, 1.54) is 10.7 Å². The summed E-state index contributed by atoms with van der Waals surface area (Å²) < 4.78 is 6.59. The van der Waals surface area contributed by atoms with Crippen molar-refractivity contribution in [3.8, 4) is 0 Å². The monoisotopic (exact) mass is 289 g/mol. The largest absolute Gasteiger partial charge is 0.466 e. The van der Waals surface area contributed by atoms with Crippen LogP contribution in [0.5, 0.6) is 0 Å². The fourth-order valence-electron chi connectivity index (χ4n) is 1.92. The van der Waals surface area contributed by atoms with Crippen LogP contribution in [0.15, 0.2) is 27.4 Å². The van der Waals surface area contributed by atoms with Crippen LogP contribution in [0.1, 0.15) is 22.8 Å². The van der Waals surface area contributed by atoms with Crippen LogP contribution in [-0.2, 0) is 17.8 Å². The molecule has 6 heteroatoms. The van der Waals surface area contributed by atoms with Gasteiger partial charge in [0.15, 0.2) is 0 Å². The van der Waals surface area contributed by atoms with Gasteiger partial charge in [-0.25, -0.2) is 4.68 Å². The molecule has 0 atom stereocenters. The van der Waals surface area contributed by atoms with Gasteiger partial charge in [-0.15, -0.1) is 0 Å². The molecule has 0 aliphatic rings. The number of amides is 1. The Morgan fingerprint density at radius 2 is 2.10 bits per heavy atom. The number of carbonyl (C=O) groups excluding carboxylic acids is 1. The van der Waals surface area contributed by atoms with E-state index in [9.17, 15) is 9.59 Å². The molecule has 0 bridgehead atoms. The standard InChI is InChI=1S/C15H19N3O3/c1-10-8-15(20)18(17-12(10)3)9-14(19)16-7-6-13-5-4-11(2)21-13/h4-5,8H,6-7,9H2,1-3H3,(H,16,19). The van der Waals surface area contributed by atoms with Gasteiger partial charge in [0.1, 0.15) is 18.1 Å². The highest BCUT2D eigenvalue weighted by molar-refractivity contribution is 5.75. The summed E-state index contributed by atoms with van der Waals surface area (Å²) in [6.07, 6.45) is 0.620. The van der Waals surface area contributed by atoms with E-state index < -0.39 is 0 Å². The molecule has 112 valence electrons. The van der Waals surface area contributed by atoms with Gasteiger partial charge in [0, 0.05) is 19.0 Å². The molecule has 0 saturated carbocycles. The number of aryl methyl sites for hydroxylation is 3. The Morgan fingerprint density at radius 3 is 2.76 bits per heavy atom. The molecule has 21 heavy (non-hydrogen) atoms. The summed E-state index contributed by atoms with van der Waals surface area (Å²) in [6.45, 7) is 5.89. The second kappa shape index (κ2) is 6.39. The highest BCUT2D eigenvalue weighted by Gasteiger charge is 2.07. The zero-order valence-electron chi connectivity index (χ0n) is 12.5. The maximum atomic E-state index is 11.8. The van der Waals surface area contributed by atoms with Crippen molar-refractivity contribution >= 4 is 5.91 Å². The van der Waals surface area contributed by atoms with Crippen LogP contribution in [-0.4, -0.2) is 22.2 Å². The van der Waals surface area contributed by atoms with Gasteiger partial charge < -0.3 is 9.73 Å². The normalized spacial score (nSPS) is 10.6. The lowest BCUT2D eigenvalue weighted by Gasteiger charge is -2.07. The quantitative estimate of drug-likeness (QED) is 0.895. The zero-order valence-corrected chi connectivity index (χ0v) is 12.5. The predicted octanol–water partition coefficient (Wildman–Crippen LogP) is 1.12. The number of furan rings is 1. The van der Waals surface area contributed by atoms with E-state index in [0.29, 0.717) is 13.0 Å². The average Bonchev–Trinajstić information content (AvgIpc) is 2.82. The molecule has 1 amide bonds. The van der Waals surface area contributed by atoms with Crippen molar-refractivity contribution in [2.75, 3.05) is 6.54 Å². The Labute approximate surface area is 122 Å². The number of nitrogens with zero attached hydrogens (tertiary/aromatic N) is 2. The van der Waals surface area contributed by atoms with Gasteiger partial charge >= 0.3 is 0 Å². The highest BCUT2D eigenvalue weighted by atomic mass is 16.3. The maximum Gasteiger partial charge on any atom is 0.267 e. The molecule has 0 spiro atoms. The molecule has 0 aromatic carbocycles. The van der Waals surface area contributed by atoms with Crippen molar-refractivity contribution in [1.29, 1.82) is 0 Å². The molecule has 2 aromatic rings. The number of rotatable bonds is 5. The lowest BCUT2D eigenvalue weighted by Crippen LogP contribution is -2.34. The molecule has 0 aliphatic carbocycles. The number of hydrogen-bond donors (Lipinski definition) is 1. The van der Waals surface area contributed by atoms with Crippen molar-refractivity contribution in [3.63, 3.8) is 0 Å². The van der Waals surface area contributed by atoms with E-state index in [1.54, 1.807) is 0 Å². The summed E-state index contributed by atoms with van der Waals surface area (Å²) >= 11 is 0. The van der Waals surface area contributed by atoms with Crippen LogP contribution in [0, 0.1) is 20.8 Å². The van der Waals surface area contributed by atoms with Gasteiger partial charge in [-0.3, -0.25) is 9.59 Å². The molecule has 2 heterocycles. The minimum atomic E-state index is -0.269. The summed E-state index contributed by atoms with van der Waals surface area (Å²) in [5.74, 6) is 1.44. The molecule has 1 N–H and O–H groups in total. The van der Waals surface area contributed by atoms with Gasteiger partial charge in [0.2, 0.25) is 5.91 Å². The topological polar surface area (TPSA) is 77.1 Å². The second-order valence-electron chi connectivity index (χ2n) is 5.02. The van der Waals surface area contributed by atoms with Gasteiger partial charge in [-0.05, 0) is 38.5 Å². The lowest BCUT2D eigenvalue weighted by atomic mass is 10.2. The van der Waals surface area contributed by atoms with Crippen LogP contribution in [0.25, 0.3) is 0 Å². The Balaban J connectivity index is 1.87. The summed E-state index contributed by atoms with van der Waals surface area (Å²) in [7, 11) is 0. The van der Waals surface area contributed by atoms with Crippen molar-refractivity contribution in [2.45, 2.75) is 33.7 Å². The molecule has 0 saturated heterocycles. The van der Waals surface area contributed by atoms with Crippen LogP contribution in [0.3, 0.4) is 0 Å². The Bertz CT molecular complexity index is 700. The van der Waals surface area contributed by atoms with Crippen molar-refractivity contribution < 1.29 is 9.21 Å². The number of nitrogens with one attached hydrogen (secondary N) is 1. The van der Waals surface area contributed by atoms with Crippen molar-refractivity contribution in [1.82, 2.24) is 15.1 Å². The first-order valence-electron chi connectivity index (χ1n) is 6.83. The molecular formula is C15H19N3O3. The molecule has 2 rings (SSSR count). The smallest absolute Gasteiger partial charge is 0.267 e. The Hall–Kier alpha value is -2.37. The lowest BCUT2D eigenvalue weighted by molar-refractivity contribution is -0.121. The van der Waals surface area contributed by atoms with Crippen LogP contribution in [0.2, 0.25) is 0 Å².